The Kier molecular flexibility index (Phi) is 4.01. The zero-order valence-electron chi connectivity index (χ0n) is 16.0. The molecule has 2 saturated carbocycles. The first-order valence-electron chi connectivity index (χ1n) is 9.54. The van der Waals surface area contributed by atoms with E-state index in [1.54, 1.807) is 0 Å². The Bertz CT molecular complexity index is 756. The van der Waals surface area contributed by atoms with Gasteiger partial charge in [0.2, 0.25) is 5.91 Å². The van der Waals surface area contributed by atoms with Crippen LogP contribution in [0.25, 0.3) is 0 Å². The lowest BCUT2D eigenvalue weighted by molar-refractivity contribution is -0.138. The second-order valence-corrected chi connectivity index (χ2v) is 8.65. The van der Waals surface area contributed by atoms with Gasteiger partial charge in [0.25, 0.3) is 0 Å². The SMILES string of the molecule is COC(=O)NC1CC(C(=O)N2C[C@H]3[C@H](c4ccc(C)c(C)c4)[C@@]3(C)C2)C1. The molecule has 3 atom stereocenters. The monoisotopic (exact) mass is 356 g/mol. The van der Waals surface area contributed by atoms with Crippen LogP contribution in [0, 0.1) is 31.1 Å². The third kappa shape index (κ3) is 2.68. The van der Waals surface area contributed by atoms with Crippen LogP contribution in [0.5, 0.6) is 0 Å². The van der Waals surface area contributed by atoms with Crippen molar-refractivity contribution in [3.63, 3.8) is 0 Å². The van der Waals surface area contributed by atoms with E-state index in [-0.39, 0.29) is 23.3 Å². The third-order valence-electron chi connectivity index (χ3n) is 7.00. The lowest BCUT2D eigenvalue weighted by atomic mass is 9.79. The minimum atomic E-state index is -0.410. The highest BCUT2D eigenvalue weighted by Gasteiger charge is 2.67. The highest BCUT2D eigenvalue weighted by Crippen LogP contribution is 2.68. The van der Waals surface area contributed by atoms with Gasteiger partial charge in [0.05, 0.1) is 7.11 Å². The summed E-state index contributed by atoms with van der Waals surface area (Å²) in [6.45, 7) is 8.38. The van der Waals surface area contributed by atoms with Gasteiger partial charge in [0, 0.05) is 25.0 Å². The Hall–Kier alpha value is -2.04. The standard InChI is InChI=1S/C21H28N2O3/c1-12-5-6-14(7-13(12)2)18-17-10-23(11-21(17,18)3)19(24)15-8-16(9-15)22-20(25)26-4/h5-7,15-18H,8-11H2,1-4H3,(H,22,25)/t15?,16?,17-,18-,21-/m0/s1. The van der Waals surface area contributed by atoms with Crippen LogP contribution in [-0.4, -0.2) is 43.1 Å². The van der Waals surface area contributed by atoms with E-state index in [1.165, 1.54) is 23.8 Å². The van der Waals surface area contributed by atoms with Crippen molar-refractivity contribution < 1.29 is 14.3 Å². The number of piperidine rings is 1. The van der Waals surface area contributed by atoms with E-state index in [4.69, 9.17) is 0 Å². The van der Waals surface area contributed by atoms with Gasteiger partial charge in [-0.3, -0.25) is 4.79 Å². The molecule has 5 heteroatoms. The molecule has 2 aliphatic carbocycles. The fourth-order valence-corrected chi connectivity index (χ4v) is 5.06. The Labute approximate surface area is 155 Å². The average Bonchev–Trinajstić information content (AvgIpc) is 2.97. The molecule has 4 rings (SSSR count). The van der Waals surface area contributed by atoms with Gasteiger partial charge in [0.15, 0.2) is 0 Å². The summed E-state index contributed by atoms with van der Waals surface area (Å²) in [5, 5.41) is 2.77. The number of benzene rings is 1. The molecule has 0 unspecified atom stereocenters. The number of amides is 2. The Morgan fingerprint density at radius 2 is 1.96 bits per heavy atom. The summed E-state index contributed by atoms with van der Waals surface area (Å²) in [4.78, 5) is 26.0. The molecule has 1 aromatic rings. The molecule has 0 aromatic heterocycles. The van der Waals surface area contributed by atoms with Crippen LogP contribution in [-0.2, 0) is 9.53 Å². The summed E-state index contributed by atoms with van der Waals surface area (Å²) in [5.74, 6) is 1.48. The van der Waals surface area contributed by atoms with Crippen LogP contribution in [0.15, 0.2) is 18.2 Å². The summed E-state index contributed by atoms with van der Waals surface area (Å²) < 4.78 is 4.61. The molecule has 5 nitrogen and oxygen atoms in total. The predicted molar refractivity (Wildman–Crippen MR) is 98.9 cm³/mol. The van der Waals surface area contributed by atoms with Gasteiger partial charge in [-0.2, -0.15) is 0 Å². The zero-order chi connectivity index (χ0) is 18.6. The topological polar surface area (TPSA) is 58.6 Å². The molecule has 3 aliphatic rings. The van der Waals surface area contributed by atoms with Gasteiger partial charge in [-0.05, 0) is 60.6 Å². The van der Waals surface area contributed by atoms with Crippen LogP contribution in [0.4, 0.5) is 4.79 Å². The normalized spacial score (nSPS) is 34.7. The van der Waals surface area contributed by atoms with E-state index in [9.17, 15) is 9.59 Å². The number of aryl methyl sites for hydroxylation is 2. The van der Waals surface area contributed by atoms with Crippen LogP contribution in [0.3, 0.4) is 0 Å². The summed E-state index contributed by atoms with van der Waals surface area (Å²) in [6.07, 6.45) is 1.05. The fraction of sp³-hybridized carbons (Fsp3) is 0.619. The van der Waals surface area contributed by atoms with Crippen LogP contribution < -0.4 is 5.32 Å². The number of nitrogens with zero attached hydrogens (tertiary/aromatic N) is 1. The summed E-state index contributed by atoms with van der Waals surface area (Å²) in [5.41, 5.74) is 4.34. The predicted octanol–water partition coefficient (Wildman–Crippen LogP) is 3.00. The zero-order valence-corrected chi connectivity index (χ0v) is 16.0. The van der Waals surface area contributed by atoms with E-state index in [2.05, 4.69) is 53.9 Å². The minimum Gasteiger partial charge on any atom is -0.453 e. The van der Waals surface area contributed by atoms with Gasteiger partial charge >= 0.3 is 6.09 Å². The van der Waals surface area contributed by atoms with Gasteiger partial charge < -0.3 is 15.0 Å². The molecule has 1 heterocycles. The average molecular weight is 356 g/mol. The summed E-state index contributed by atoms with van der Waals surface area (Å²) >= 11 is 0. The van der Waals surface area contributed by atoms with Gasteiger partial charge in [-0.25, -0.2) is 4.79 Å². The number of nitrogens with one attached hydrogen (secondary N) is 1. The second-order valence-electron chi connectivity index (χ2n) is 8.65. The quantitative estimate of drug-likeness (QED) is 0.906. The largest absolute Gasteiger partial charge is 0.453 e. The number of carbonyl (C=O) groups excluding carboxylic acids is 2. The Morgan fingerprint density at radius 3 is 2.54 bits per heavy atom. The van der Waals surface area contributed by atoms with Crippen molar-refractivity contribution in [3.8, 4) is 0 Å². The van der Waals surface area contributed by atoms with Gasteiger partial charge in [-0.1, -0.05) is 25.1 Å². The second kappa shape index (κ2) is 6.00. The maximum absolute atomic E-state index is 12.8. The lowest BCUT2D eigenvalue weighted by Crippen LogP contribution is -2.50. The maximum atomic E-state index is 12.8. The highest BCUT2D eigenvalue weighted by atomic mass is 16.5. The number of ether oxygens (including phenoxy) is 1. The van der Waals surface area contributed by atoms with Crippen molar-refractivity contribution in [1.82, 2.24) is 10.2 Å². The summed E-state index contributed by atoms with van der Waals surface area (Å²) in [7, 11) is 1.36. The smallest absolute Gasteiger partial charge is 0.407 e. The van der Waals surface area contributed by atoms with Crippen molar-refractivity contribution in [2.24, 2.45) is 17.3 Å². The number of rotatable bonds is 3. The molecule has 0 bridgehead atoms. The van der Waals surface area contributed by atoms with Crippen molar-refractivity contribution in [1.29, 1.82) is 0 Å². The fourth-order valence-electron chi connectivity index (χ4n) is 5.06. The molecule has 0 radical (unpaired) electrons. The van der Waals surface area contributed by atoms with Crippen LogP contribution in [0.2, 0.25) is 0 Å². The Balaban J connectivity index is 1.33. The van der Waals surface area contributed by atoms with E-state index in [1.807, 2.05) is 0 Å². The summed E-state index contributed by atoms with van der Waals surface area (Å²) in [6, 6.07) is 6.88. The molecule has 1 N–H and O–H groups in total. The van der Waals surface area contributed by atoms with Crippen LogP contribution in [0.1, 0.15) is 42.4 Å². The molecule has 2 amide bonds. The molecule has 140 valence electrons. The number of hydrogen-bond donors (Lipinski definition) is 1. The number of carbonyl (C=O) groups is 2. The van der Waals surface area contributed by atoms with E-state index >= 15 is 0 Å². The van der Waals surface area contributed by atoms with E-state index in [0.717, 1.165) is 25.9 Å². The molecule has 0 spiro atoms. The molecule has 1 saturated heterocycles. The first-order valence-corrected chi connectivity index (χ1v) is 9.54. The first-order chi connectivity index (χ1) is 12.3. The lowest BCUT2D eigenvalue weighted by Gasteiger charge is -2.37. The minimum absolute atomic E-state index is 0.0540. The number of alkyl carbamates (subject to hydrolysis) is 1. The first kappa shape index (κ1) is 17.4. The molecule has 1 aromatic carbocycles. The van der Waals surface area contributed by atoms with E-state index < -0.39 is 6.09 Å². The molecule has 3 fully saturated rings. The van der Waals surface area contributed by atoms with Crippen molar-refractivity contribution in [3.05, 3.63) is 34.9 Å². The van der Waals surface area contributed by atoms with Crippen LogP contribution >= 0.6 is 0 Å². The van der Waals surface area contributed by atoms with Gasteiger partial charge in [0.1, 0.15) is 0 Å². The number of fused-ring (bicyclic) bond motifs is 1. The molecular formula is C21H28N2O3. The third-order valence-corrected chi connectivity index (χ3v) is 7.00. The number of methoxy groups -OCH3 is 1. The van der Waals surface area contributed by atoms with Crippen molar-refractivity contribution in [2.75, 3.05) is 20.2 Å². The molecular weight excluding hydrogens is 328 g/mol. The van der Waals surface area contributed by atoms with Crippen molar-refractivity contribution >= 4 is 12.0 Å². The van der Waals surface area contributed by atoms with Gasteiger partial charge in [-0.15, -0.1) is 0 Å². The van der Waals surface area contributed by atoms with E-state index in [0.29, 0.717) is 11.8 Å². The van der Waals surface area contributed by atoms with Crippen molar-refractivity contribution in [2.45, 2.75) is 45.6 Å². The molecule has 26 heavy (non-hydrogen) atoms. The number of hydrogen-bond acceptors (Lipinski definition) is 3. The highest BCUT2D eigenvalue weighted by molar-refractivity contribution is 5.81. The molecule has 1 aliphatic heterocycles. The Morgan fingerprint density at radius 1 is 1.23 bits per heavy atom. The maximum Gasteiger partial charge on any atom is 0.407 e. The number of likely N-dealkylation sites (tertiary alicyclic amines) is 1.